The van der Waals surface area contributed by atoms with E-state index in [1.165, 1.54) is 12.1 Å². The topological polar surface area (TPSA) is 92.4 Å². The number of nitrogens with one attached hydrogen (secondary N) is 1. The Morgan fingerprint density at radius 3 is 2.47 bits per heavy atom. The number of benzene rings is 1. The van der Waals surface area contributed by atoms with E-state index in [1.807, 2.05) is 13.8 Å². The van der Waals surface area contributed by atoms with E-state index in [0.29, 0.717) is 5.69 Å². The Morgan fingerprint density at radius 1 is 1.40 bits per heavy atom. The average Bonchev–Trinajstić information content (AvgIpc) is 2.05. The Kier molecular flexibility index (Phi) is 3.21. The van der Waals surface area contributed by atoms with Gasteiger partial charge in [0.25, 0.3) is 10.1 Å². The number of anilines is 2. The van der Waals surface area contributed by atoms with Gasteiger partial charge in [0.15, 0.2) is 0 Å². The lowest BCUT2D eigenvalue weighted by molar-refractivity contribution is 0.483. The van der Waals surface area contributed by atoms with Crippen molar-refractivity contribution in [3.05, 3.63) is 18.2 Å². The Hall–Kier alpha value is -1.27. The van der Waals surface area contributed by atoms with Gasteiger partial charge in [-0.15, -0.1) is 0 Å². The van der Waals surface area contributed by atoms with Crippen LogP contribution in [0.15, 0.2) is 23.1 Å². The predicted molar refractivity (Wildman–Crippen MR) is 59.4 cm³/mol. The second-order valence-electron chi connectivity index (χ2n) is 3.53. The minimum absolute atomic E-state index is 0.0640. The van der Waals surface area contributed by atoms with Crippen LogP contribution in [0.4, 0.5) is 11.4 Å². The molecule has 0 heterocycles. The second kappa shape index (κ2) is 4.08. The zero-order chi connectivity index (χ0) is 11.6. The van der Waals surface area contributed by atoms with E-state index in [4.69, 9.17) is 10.3 Å². The number of nitrogen functional groups attached to an aromatic ring is 1. The highest BCUT2D eigenvalue weighted by Crippen LogP contribution is 2.24. The summed E-state index contributed by atoms with van der Waals surface area (Å²) in [6.07, 6.45) is 0. The molecule has 1 rings (SSSR count). The molecular formula is C9H14N2O3S. The molecule has 0 saturated carbocycles. The second-order valence-corrected chi connectivity index (χ2v) is 4.92. The van der Waals surface area contributed by atoms with Gasteiger partial charge in [-0.05, 0) is 32.0 Å². The molecule has 15 heavy (non-hydrogen) atoms. The van der Waals surface area contributed by atoms with Crippen molar-refractivity contribution in [3.8, 4) is 0 Å². The summed E-state index contributed by atoms with van der Waals surface area (Å²) in [5.41, 5.74) is 6.09. The van der Waals surface area contributed by atoms with Gasteiger partial charge in [-0.3, -0.25) is 4.55 Å². The monoisotopic (exact) mass is 230 g/mol. The molecule has 5 nitrogen and oxygen atoms in total. The number of rotatable bonds is 3. The molecule has 0 unspecified atom stereocenters. The van der Waals surface area contributed by atoms with Gasteiger partial charge in [-0.1, -0.05) is 0 Å². The van der Waals surface area contributed by atoms with E-state index in [-0.39, 0.29) is 16.6 Å². The molecular weight excluding hydrogens is 216 g/mol. The number of nitrogens with two attached hydrogens (primary N) is 1. The molecule has 0 amide bonds. The highest BCUT2D eigenvalue weighted by atomic mass is 32.2. The molecule has 0 aliphatic rings. The van der Waals surface area contributed by atoms with Crippen LogP contribution in [0.2, 0.25) is 0 Å². The normalized spacial score (nSPS) is 11.7. The molecule has 4 N–H and O–H groups in total. The van der Waals surface area contributed by atoms with Crippen molar-refractivity contribution in [1.82, 2.24) is 0 Å². The van der Waals surface area contributed by atoms with Crippen LogP contribution in [0.5, 0.6) is 0 Å². The van der Waals surface area contributed by atoms with E-state index in [1.54, 1.807) is 6.07 Å². The highest BCUT2D eigenvalue weighted by molar-refractivity contribution is 7.86. The van der Waals surface area contributed by atoms with Crippen LogP contribution in [0.3, 0.4) is 0 Å². The van der Waals surface area contributed by atoms with E-state index in [0.717, 1.165) is 0 Å². The van der Waals surface area contributed by atoms with Crippen molar-refractivity contribution in [2.24, 2.45) is 0 Å². The molecule has 0 atom stereocenters. The lowest BCUT2D eigenvalue weighted by atomic mass is 10.2. The molecule has 0 spiro atoms. The zero-order valence-corrected chi connectivity index (χ0v) is 9.38. The van der Waals surface area contributed by atoms with Crippen molar-refractivity contribution in [2.75, 3.05) is 11.1 Å². The van der Waals surface area contributed by atoms with Gasteiger partial charge in [-0.25, -0.2) is 0 Å². The van der Waals surface area contributed by atoms with Crippen LogP contribution in [0.25, 0.3) is 0 Å². The van der Waals surface area contributed by atoms with Gasteiger partial charge in [0, 0.05) is 11.7 Å². The minimum Gasteiger partial charge on any atom is -0.399 e. The fourth-order valence-corrected chi connectivity index (χ4v) is 1.87. The fourth-order valence-electron chi connectivity index (χ4n) is 1.18. The molecule has 0 aromatic heterocycles. The third-order valence-electron chi connectivity index (χ3n) is 1.73. The summed E-state index contributed by atoms with van der Waals surface area (Å²) in [5, 5.41) is 2.91. The van der Waals surface area contributed by atoms with Crippen LogP contribution in [-0.4, -0.2) is 19.0 Å². The van der Waals surface area contributed by atoms with Crippen LogP contribution in [-0.2, 0) is 10.1 Å². The molecule has 0 radical (unpaired) electrons. The molecule has 84 valence electrons. The summed E-state index contributed by atoms with van der Waals surface area (Å²) in [6, 6.07) is 4.38. The SMILES string of the molecule is CC(C)Nc1ccc(N)cc1S(=O)(=O)O. The van der Waals surface area contributed by atoms with Gasteiger partial charge in [0.2, 0.25) is 0 Å². The third kappa shape index (κ3) is 3.10. The summed E-state index contributed by atoms with van der Waals surface area (Å²) in [4.78, 5) is -0.198. The smallest absolute Gasteiger partial charge is 0.296 e. The predicted octanol–water partition coefficient (Wildman–Crippen LogP) is 1.34. The van der Waals surface area contributed by atoms with Gasteiger partial charge in [-0.2, -0.15) is 8.42 Å². The molecule has 1 aromatic carbocycles. The number of hydrogen-bond donors (Lipinski definition) is 3. The quantitative estimate of drug-likeness (QED) is 0.538. The first kappa shape index (κ1) is 11.8. The maximum Gasteiger partial charge on any atom is 0.296 e. The van der Waals surface area contributed by atoms with Crippen LogP contribution in [0.1, 0.15) is 13.8 Å². The van der Waals surface area contributed by atoms with Gasteiger partial charge in [0.05, 0.1) is 5.69 Å². The first-order valence-corrected chi connectivity index (χ1v) is 5.88. The van der Waals surface area contributed by atoms with Gasteiger partial charge in [0.1, 0.15) is 4.90 Å². The molecule has 0 aliphatic carbocycles. The molecule has 6 heteroatoms. The summed E-state index contributed by atoms with van der Waals surface area (Å²) in [5.74, 6) is 0. The maximum atomic E-state index is 11.0. The van der Waals surface area contributed by atoms with Crippen LogP contribution >= 0.6 is 0 Å². The standard InChI is InChI=1S/C9H14N2O3S/c1-6(2)11-8-4-3-7(10)5-9(8)15(12,13)14/h3-6,11H,10H2,1-2H3,(H,12,13,14). The van der Waals surface area contributed by atoms with Crippen LogP contribution in [0, 0.1) is 0 Å². The molecule has 0 bridgehead atoms. The van der Waals surface area contributed by atoms with Crippen molar-refractivity contribution in [3.63, 3.8) is 0 Å². The van der Waals surface area contributed by atoms with Crippen molar-refractivity contribution < 1.29 is 13.0 Å². The average molecular weight is 230 g/mol. The van der Waals surface area contributed by atoms with Gasteiger partial charge >= 0.3 is 0 Å². The Labute approximate surface area is 89.0 Å². The largest absolute Gasteiger partial charge is 0.399 e. The van der Waals surface area contributed by atoms with Crippen molar-refractivity contribution >= 4 is 21.5 Å². The maximum absolute atomic E-state index is 11.0. The summed E-state index contributed by atoms with van der Waals surface area (Å²) < 4.78 is 31.1. The van der Waals surface area contributed by atoms with E-state index >= 15 is 0 Å². The van der Waals surface area contributed by atoms with E-state index in [9.17, 15) is 8.42 Å². The summed E-state index contributed by atoms with van der Waals surface area (Å²) >= 11 is 0. The zero-order valence-electron chi connectivity index (χ0n) is 8.56. The number of hydrogen-bond acceptors (Lipinski definition) is 4. The van der Waals surface area contributed by atoms with E-state index in [2.05, 4.69) is 5.32 Å². The molecule has 0 saturated heterocycles. The highest BCUT2D eigenvalue weighted by Gasteiger charge is 2.16. The minimum atomic E-state index is -4.24. The summed E-state index contributed by atoms with van der Waals surface area (Å²) in [7, 11) is -4.24. The van der Waals surface area contributed by atoms with Crippen LogP contribution < -0.4 is 11.1 Å². The lowest BCUT2D eigenvalue weighted by Crippen LogP contribution is -2.13. The summed E-state index contributed by atoms with van der Waals surface area (Å²) in [6.45, 7) is 3.73. The molecule has 1 aromatic rings. The first-order chi connectivity index (χ1) is 6.80. The van der Waals surface area contributed by atoms with Crippen molar-refractivity contribution in [1.29, 1.82) is 0 Å². The molecule has 0 aliphatic heterocycles. The lowest BCUT2D eigenvalue weighted by Gasteiger charge is -2.13. The first-order valence-electron chi connectivity index (χ1n) is 4.44. The van der Waals surface area contributed by atoms with Crippen molar-refractivity contribution in [2.45, 2.75) is 24.8 Å². The third-order valence-corrected chi connectivity index (χ3v) is 2.62. The Bertz CT molecular complexity index is 454. The fraction of sp³-hybridized carbons (Fsp3) is 0.333. The van der Waals surface area contributed by atoms with Gasteiger partial charge < -0.3 is 11.1 Å². The Morgan fingerprint density at radius 2 is 2.00 bits per heavy atom. The Balaban J connectivity index is 3.27. The van der Waals surface area contributed by atoms with E-state index < -0.39 is 10.1 Å². The molecule has 0 fully saturated rings.